The summed E-state index contributed by atoms with van der Waals surface area (Å²) in [6.07, 6.45) is 4.73. The van der Waals surface area contributed by atoms with Gasteiger partial charge in [-0.15, -0.1) is 0 Å². The van der Waals surface area contributed by atoms with E-state index in [2.05, 4.69) is 31.0 Å². The molecule has 0 saturated carbocycles. The monoisotopic (exact) mass is 226 g/mol. The van der Waals surface area contributed by atoms with Crippen LogP contribution in [-0.2, 0) is 4.79 Å². The fourth-order valence-corrected chi connectivity index (χ4v) is 2.32. The van der Waals surface area contributed by atoms with Gasteiger partial charge in [-0.2, -0.15) is 0 Å². The number of nitrogens with one attached hydrogen (secondary N) is 1. The first-order valence-corrected chi connectivity index (χ1v) is 6.65. The highest BCUT2D eigenvalue weighted by molar-refractivity contribution is 5.78. The summed E-state index contributed by atoms with van der Waals surface area (Å²) in [5.74, 6) is 0.892. The third-order valence-electron chi connectivity index (χ3n) is 3.25. The number of hydrogen-bond donors (Lipinski definition) is 1. The first kappa shape index (κ1) is 13.5. The molecule has 1 amide bonds. The molecule has 1 saturated heterocycles. The number of nitrogens with zero attached hydrogens (tertiary/aromatic N) is 1. The maximum Gasteiger partial charge on any atom is 0.236 e. The second-order valence-corrected chi connectivity index (χ2v) is 5.17. The lowest BCUT2D eigenvalue weighted by Crippen LogP contribution is -2.47. The maximum atomic E-state index is 12.0. The van der Waals surface area contributed by atoms with Crippen molar-refractivity contribution >= 4 is 5.91 Å². The van der Waals surface area contributed by atoms with Crippen molar-refractivity contribution in [1.82, 2.24) is 10.2 Å². The van der Waals surface area contributed by atoms with E-state index in [0.717, 1.165) is 19.5 Å². The average Bonchev–Trinajstić information content (AvgIpc) is 2.28. The summed E-state index contributed by atoms with van der Waals surface area (Å²) in [5.41, 5.74) is 0. The standard InChI is InChI=1S/C13H26N2O/c1-4-12-7-5-6-8-15(12)13(16)10-14-9-11(2)3/h11-12,14H,4-10H2,1-3H3. The molecule has 1 atom stereocenters. The van der Waals surface area contributed by atoms with E-state index in [0.29, 0.717) is 18.5 Å². The van der Waals surface area contributed by atoms with E-state index < -0.39 is 0 Å². The van der Waals surface area contributed by atoms with Crippen LogP contribution < -0.4 is 5.32 Å². The molecule has 3 heteroatoms. The summed E-state index contributed by atoms with van der Waals surface area (Å²) in [5, 5.41) is 3.24. The van der Waals surface area contributed by atoms with Gasteiger partial charge in [0.05, 0.1) is 6.54 Å². The molecule has 0 aromatic carbocycles. The molecular formula is C13H26N2O. The molecule has 1 aliphatic rings. The van der Waals surface area contributed by atoms with E-state index in [4.69, 9.17) is 0 Å². The van der Waals surface area contributed by atoms with Crippen LogP contribution in [0.2, 0.25) is 0 Å². The first-order valence-electron chi connectivity index (χ1n) is 6.65. The van der Waals surface area contributed by atoms with Crippen LogP contribution in [0.1, 0.15) is 46.5 Å². The van der Waals surface area contributed by atoms with Crippen LogP contribution >= 0.6 is 0 Å². The Bertz CT molecular complexity index is 216. The first-order chi connectivity index (χ1) is 7.65. The van der Waals surface area contributed by atoms with Gasteiger partial charge in [-0.3, -0.25) is 4.79 Å². The van der Waals surface area contributed by atoms with E-state index in [9.17, 15) is 4.79 Å². The van der Waals surface area contributed by atoms with Crippen molar-refractivity contribution in [2.75, 3.05) is 19.6 Å². The van der Waals surface area contributed by atoms with Gasteiger partial charge >= 0.3 is 0 Å². The molecule has 1 heterocycles. The molecule has 0 spiro atoms. The fourth-order valence-electron chi connectivity index (χ4n) is 2.32. The molecule has 1 fully saturated rings. The highest BCUT2D eigenvalue weighted by Crippen LogP contribution is 2.19. The number of carbonyl (C=O) groups is 1. The minimum absolute atomic E-state index is 0.284. The molecular weight excluding hydrogens is 200 g/mol. The zero-order valence-electron chi connectivity index (χ0n) is 11.0. The normalized spacial score (nSPS) is 21.5. The third kappa shape index (κ3) is 4.12. The van der Waals surface area contributed by atoms with Gasteiger partial charge < -0.3 is 10.2 Å². The molecule has 0 aromatic heterocycles. The SMILES string of the molecule is CCC1CCCCN1C(=O)CNCC(C)C. The molecule has 1 aliphatic heterocycles. The van der Waals surface area contributed by atoms with Crippen molar-refractivity contribution in [2.24, 2.45) is 5.92 Å². The number of hydrogen-bond acceptors (Lipinski definition) is 2. The summed E-state index contributed by atoms with van der Waals surface area (Å²) in [6.45, 7) is 8.89. The smallest absolute Gasteiger partial charge is 0.236 e. The van der Waals surface area contributed by atoms with Crippen LogP contribution in [0.25, 0.3) is 0 Å². The molecule has 0 aromatic rings. The van der Waals surface area contributed by atoms with Gasteiger partial charge in [0.2, 0.25) is 5.91 Å². The van der Waals surface area contributed by atoms with Crippen molar-refractivity contribution in [3.05, 3.63) is 0 Å². The zero-order chi connectivity index (χ0) is 12.0. The fraction of sp³-hybridized carbons (Fsp3) is 0.923. The van der Waals surface area contributed by atoms with Crippen molar-refractivity contribution in [3.8, 4) is 0 Å². The van der Waals surface area contributed by atoms with Crippen LogP contribution in [0.3, 0.4) is 0 Å². The van der Waals surface area contributed by atoms with Gasteiger partial charge in [-0.05, 0) is 38.1 Å². The maximum absolute atomic E-state index is 12.0. The lowest BCUT2D eigenvalue weighted by molar-refractivity contribution is -0.133. The van der Waals surface area contributed by atoms with Crippen molar-refractivity contribution in [3.63, 3.8) is 0 Å². The van der Waals surface area contributed by atoms with Gasteiger partial charge in [0.25, 0.3) is 0 Å². The van der Waals surface area contributed by atoms with Gasteiger partial charge in [0.1, 0.15) is 0 Å². The van der Waals surface area contributed by atoms with E-state index in [1.807, 2.05) is 0 Å². The third-order valence-corrected chi connectivity index (χ3v) is 3.25. The number of likely N-dealkylation sites (tertiary alicyclic amines) is 1. The quantitative estimate of drug-likeness (QED) is 0.778. The second-order valence-electron chi connectivity index (χ2n) is 5.17. The largest absolute Gasteiger partial charge is 0.339 e. The number of piperidine rings is 1. The number of rotatable bonds is 5. The van der Waals surface area contributed by atoms with Crippen LogP contribution in [0.4, 0.5) is 0 Å². The summed E-state index contributed by atoms with van der Waals surface area (Å²) >= 11 is 0. The molecule has 1 rings (SSSR count). The van der Waals surface area contributed by atoms with Crippen LogP contribution in [0.5, 0.6) is 0 Å². The molecule has 16 heavy (non-hydrogen) atoms. The molecule has 0 aliphatic carbocycles. The molecule has 0 bridgehead atoms. The highest BCUT2D eigenvalue weighted by Gasteiger charge is 2.24. The Kier molecular flexibility index (Phi) is 5.81. The van der Waals surface area contributed by atoms with Crippen molar-refractivity contribution < 1.29 is 4.79 Å². The van der Waals surface area contributed by atoms with Crippen molar-refractivity contribution in [2.45, 2.75) is 52.5 Å². The topological polar surface area (TPSA) is 32.3 Å². The van der Waals surface area contributed by atoms with Gasteiger partial charge in [-0.1, -0.05) is 20.8 Å². The summed E-state index contributed by atoms with van der Waals surface area (Å²) in [6, 6.07) is 0.488. The van der Waals surface area contributed by atoms with Crippen LogP contribution in [-0.4, -0.2) is 36.5 Å². The van der Waals surface area contributed by atoms with E-state index >= 15 is 0 Å². The Morgan fingerprint density at radius 1 is 1.44 bits per heavy atom. The van der Waals surface area contributed by atoms with E-state index in [-0.39, 0.29) is 5.91 Å². The number of amides is 1. The summed E-state index contributed by atoms with van der Waals surface area (Å²) < 4.78 is 0. The Balaban J connectivity index is 2.33. The Labute approximate surface area is 99.6 Å². The lowest BCUT2D eigenvalue weighted by Gasteiger charge is -2.35. The minimum Gasteiger partial charge on any atom is -0.339 e. The molecule has 1 N–H and O–H groups in total. The molecule has 94 valence electrons. The Hall–Kier alpha value is -0.570. The van der Waals surface area contributed by atoms with E-state index in [1.54, 1.807) is 0 Å². The van der Waals surface area contributed by atoms with Crippen molar-refractivity contribution in [1.29, 1.82) is 0 Å². The highest BCUT2D eigenvalue weighted by atomic mass is 16.2. The van der Waals surface area contributed by atoms with Gasteiger partial charge in [0, 0.05) is 12.6 Å². The Morgan fingerprint density at radius 2 is 2.19 bits per heavy atom. The number of carbonyl (C=O) groups excluding carboxylic acids is 1. The second kappa shape index (κ2) is 6.89. The average molecular weight is 226 g/mol. The van der Waals surface area contributed by atoms with Crippen LogP contribution in [0.15, 0.2) is 0 Å². The summed E-state index contributed by atoms with van der Waals surface area (Å²) in [7, 11) is 0. The van der Waals surface area contributed by atoms with Gasteiger partial charge in [0.15, 0.2) is 0 Å². The molecule has 3 nitrogen and oxygen atoms in total. The van der Waals surface area contributed by atoms with E-state index in [1.165, 1.54) is 19.3 Å². The Morgan fingerprint density at radius 3 is 2.81 bits per heavy atom. The zero-order valence-corrected chi connectivity index (χ0v) is 11.0. The predicted octanol–water partition coefficient (Wildman–Crippen LogP) is 2.02. The van der Waals surface area contributed by atoms with Gasteiger partial charge in [-0.25, -0.2) is 0 Å². The van der Waals surface area contributed by atoms with Crippen LogP contribution in [0, 0.1) is 5.92 Å². The molecule has 0 radical (unpaired) electrons. The lowest BCUT2D eigenvalue weighted by atomic mass is 10.00. The summed E-state index contributed by atoms with van der Waals surface area (Å²) in [4.78, 5) is 14.1. The molecule has 1 unspecified atom stereocenters. The predicted molar refractivity (Wildman–Crippen MR) is 67.4 cm³/mol. The minimum atomic E-state index is 0.284.